The lowest BCUT2D eigenvalue weighted by atomic mass is 9.91. The van der Waals surface area contributed by atoms with Crippen molar-refractivity contribution in [1.82, 2.24) is 9.71 Å². The lowest BCUT2D eigenvalue weighted by Gasteiger charge is -2.36. The maximum atomic E-state index is 11.7. The van der Waals surface area contributed by atoms with Gasteiger partial charge in [0.15, 0.2) is 0 Å². The molecule has 2 saturated heterocycles. The lowest BCUT2D eigenvalue weighted by Crippen LogP contribution is -2.50. The van der Waals surface area contributed by atoms with E-state index in [9.17, 15) is 8.42 Å². The monoisotopic (exact) mass is 413 g/mol. The summed E-state index contributed by atoms with van der Waals surface area (Å²) in [6.07, 6.45) is 5.48. The van der Waals surface area contributed by atoms with E-state index in [1.54, 1.807) is 12.3 Å². The molecule has 1 aromatic heterocycles. The number of benzene rings is 1. The maximum Gasteiger partial charge on any atom is 0.208 e. The number of pyridine rings is 1. The molecule has 4 atom stereocenters. The van der Waals surface area contributed by atoms with Gasteiger partial charge >= 0.3 is 0 Å². The van der Waals surface area contributed by atoms with E-state index >= 15 is 0 Å². The molecule has 7 nitrogen and oxygen atoms in total. The van der Waals surface area contributed by atoms with Crippen LogP contribution < -0.4 is 9.46 Å². The molecule has 1 N–H and O–H groups in total. The Kier molecular flexibility index (Phi) is 5.54. The molecule has 29 heavy (non-hydrogen) atoms. The molecule has 1 aromatic carbocycles. The number of rotatable bonds is 6. The number of hydrogen-bond donors (Lipinski definition) is 1. The molecule has 0 spiro atoms. The number of nitriles is 1. The summed E-state index contributed by atoms with van der Waals surface area (Å²) in [6.45, 7) is 0.388. The molecular formula is C21H23N3O4S. The first-order valence-corrected chi connectivity index (χ1v) is 11.5. The largest absolute Gasteiger partial charge is 0.493 e. The van der Waals surface area contributed by atoms with Crippen molar-refractivity contribution in [3.8, 4) is 23.1 Å². The van der Waals surface area contributed by atoms with Crippen LogP contribution in [0.5, 0.6) is 5.75 Å². The molecule has 0 radical (unpaired) electrons. The van der Waals surface area contributed by atoms with Gasteiger partial charge in [0.25, 0.3) is 0 Å². The van der Waals surface area contributed by atoms with Crippen molar-refractivity contribution in [3.63, 3.8) is 0 Å². The topological polar surface area (TPSA) is 101 Å². The smallest absolute Gasteiger partial charge is 0.208 e. The molecule has 2 aliphatic heterocycles. The minimum Gasteiger partial charge on any atom is -0.493 e. The molecule has 4 rings (SSSR count). The predicted molar refractivity (Wildman–Crippen MR) is 108 cm³/mol. The van der Waals surface area contributed by atoms with Gasteiger partial charge in [-0.25, -0.2) is 13.1 Å². The van der Waals surface area contributed by atoms with Gasteiger partial charge in [-0.15, -0.1) is 0 Å². The zero-order chi connectivity index (χ0) is 20.4. The van der Waals surface area contributed by atoms with Crippen LogP contribution in [-0.2, 0) is 14.8 Å². The van der Waals surface area contributed by atoms with Gasteiger partial charge in [0.05, 0.1) is 36.3 Å². The standard InChI is InChI=1S/C21H23N3O4S/c1-29(25,26)24-20-10-17-7-9-21(28-17)18(20)13-27-16-5-3-15(4-6-16)19-8-2-14(11-22)12-23-19/h2-6,8,12,17-18,20-21,24H,7,9-10,13H2,1H3/t17-,18?,20?,21+/m1/s1. The van der Waals surface area contributed by atoms with Crippen molar-refractivity contribution < 1.29 is 17.9 Å². The molecule has 152 valence electrons. The van der Waals surface area contributed by atoms with Gasteiger partial charge in [-0.2, -0.15) is 5.26 Å². The third kappa shape index (κ3) is 4.75. The van der Waals surface area contributed by atoms with Crippen molar-refractivity contribution in [2.24, 2.45) is 5.92 Å². The first kappa shape index (κ1) is 19.8. The van der Waals surface area contributed by atoms with E-state index in [-0.39, 0.29) is 24.2 Å². The van der Waals surface area contributed by atoms with E-state index in [0.29, 0.717) is 24.3 Å². The fourth-order valence-electron chi connectivity index (χ4n) is 4.12. The van der Waals surface area contributed by atoms with Gasteiger partial charge in [-0.1, -0.05) is 0 Å². The second-order valence-electron chi connectivity index (χ2n) is 7.65. The summed E-state index contributed by atoms with van der Waals surface area (Å²) in [5.41, 5.74) is 2.23. The summed E-state index contributed by atoms with van der Waals surface area (Å²) in [5, 5.41) is 8.87. The minimum absolute atomic E-state index is 0.0233. The average molecular weight is 413 g/mol. The Bertz CT molecular complexity index is 1000. The molecule has 3 heterocycles. The number of fused-ring (bicyclic) bond motifs is 2. The van der Waals surface area contributed by atoms with Crippen LogP contribution >= 0.6 is 0 Å². The van der Waals surface area contributed by atoms with Crippen LogP contribution in [0.2, 0.25) is 0 Å². The van der Waals surface area contributed by atoms with Crippen LogP contribution in [0.15, 0.2) is 42.6 Å². The van der Waals surface area contributed by atoms with Gasteiger partial charge in [0, 0.05) is 23.7 Å². The van der Waals surface area contributed by atoms with E-state index in [4.69, 9.17) is 14.7 Å². The van der Waals surface area contributed by atoms with Crippen molar-refractivity contribution in [3.05, 3.63) is 48.2 Å². The summed E-state index contributed by atoms with van der Waals surface area (Å²) in [6, 6.07) is 13.0. The van der Waals surface area contributed by atoms with Crippen molar-refractivity contribution in [2.75, 3.05) is 12.9 Å². The number of nitrogens with zero attached hydrogens (tertiary/aromatic N) is 2. The van der Waals surface area contributed by atoms with Crippen molar-refractivity contribution >= 4 is 10.0 Å². The molecule has 0 saturated carbocycles. The van der Waals surface area contributed by atoms with Gasteiger partial charge in [-0.05, 0) is 55.7 Å². The normalized spacial score (nSPS) is 26.1. The van der Waals surface area contributed by atoms with Crippen molar-refractivity contribution in [1.29, 1.82) is 5.26 Å². The van der Waals surface area contributed by atoms with E-state index in [0.717, 1.165) is 24.1 Å². The lowest BCUT2D eigenvalue weighted by molar-refractivity contribution is -0.0569. The van der Waals surface area contributed by atoms with Gasteiger partial charge in [-0.3, -0.25) is 4.98 Å². The number of nitrogens with one attached hydrogen (secondary N) is 1. The Morgan fingerprint density at radius 2 is 2.03 bits per heavy atom. The SMILES string of the molecule is CS(=O)(=O)NC1C[C@H]2CC[C@H](O2)C1COc1ccc(-c2ccc(C#N)cn2)cc1. The van der Waals surface area contributed by atoms with Crippen LogP contribution in [0.25, 0.3) is 11.3 Å². The highest BCUT2D eigenvalue weighted by Crippen LogP contribution is 2.37. The molecule has 2 aromatic rings. The molecule has 2 aliphatic rings. The predicted octanol–water partition coefficient (Wildman–Crippen LogP) is 2.48. The van der Waals surface area contributed by atoms with Gasteiger partial charge < -0.3 is 9.47 Å². The molecular weight excluding hydrogens is 390 g/mol. The molecule has 0 amide bonds. The fraction of sp³-hybridized carbons (Fsp3) is 0.429. The van der Waals surface area contributed by atoms with Crippen molar-refractivity contribution in [2.45, 2.75) is 37.5 Å². The molecule has 2 unspecified atom stereocenters. The number of hydrogen-bond acceptors (Lipinski definition) is 6. The molecule has 2 bridgehead atoms. The molecule has 8 heteroatoms. The van der Waals surface area contributed by atoms with Crippen LogP contribution in [0.3, 0.4) is 0 Å². The number of ether oxygens (including phenoxy) is 2. The van der Waals surface area contributed by atoms with Gasteiger partial charge in [0.2, 0.25) is 10.0 Å². The second-order valence-corrected chi connectivity index (χ2v) is 9.43. The first-order valence-electron chi connectivity index (χ1n) is 9.63. The Morgan fingerprint density at radius 3 is 2.69 bits per heavy atom. The Hall–Kier alpha value is -2.47. The first-order chi connectivity index (χ1) is 13.9. The fourth-order valence-corrected chi connectivity index (χ4v) is 4.94. The summed E-state index contributed by atoms with van der Waals surface area (Å²) < 4.78 is 38.2. The summed E-state index contributed by atoms with van der Waals surface area (Å²) in [5.74, 6) is 0.684. The Balaban J connectivity index is 1.42. The Labute approximate surface area is 170 Å². The quantitative estimate of drug-likeness (QED) is 0.781. The highest BCUT2D eigenvalue weighted by Gasteiger charge is 2.44. The summed E-state index contributed by atoms with van der Waals surface area (Å²) in [7, 11) is -3.29. The zero-order valence-corrected chi connectivity index (χ0v) is 16.9. The second kappa shape index (κ2) is 8.11. The maximum absolute atomic E-state index is 11.7. The number of sulfonamides is 1. The summed E-state index contributed by atoms with van der Waals surface area (Å²) >= 11 is 0. The van der Waals surface area contributed by atoms with Crippen LogP contribution in [-0.4, -0.2) is 44.5 Å². The zero-order valence-electron chi connectivity index (χ0n) is 16.1. The highest BCUT2D eigenvalue weighted by atomic mass is 32.2. The van der Waals surface area contributed by atoms with Crippen LogP contribution in [0.1, 0.15) is 24.8 Å². The third-order valence-electron chi connectivity index (χ3n) is 5.50. The van der Waals surface area contributed by atoms with Gasteiger partial charge in [0.1, 0.15) is 11.8 Å². The molecule has 0 aliphatic carbocycles. The van der Waals surface area contributed by atoms with E-state index in [1.807, 2.05) is 30.3 Å². The van der Waals surface area contributed by atoms with Crippen LogP contribution in [0, 0.1) is 17.2 Å². The Morgan fingerprint density at radius 1 is 1.24 bits per heavy atom. The summed E-state index contributed by atoms with van der Waals surface area (Å²) in [4.78, 5) is 4.29. The van der Waals surface area contributed by atoms with E-state index in [1.165, 1.54) is 6.26 Å². The average Bonchev–Trinajstić information content (AvgIpc) is 3.09. The minimum atomic E-state index is -3.29. The highest BCUT2D eigenvalue weighted by molar-refractivity contribution is 7.88. The third-order valence-corrected chi connectivity index (χ3v) is 6.23. The van der Waals surface area contributed by atoms with Crippen LogP contribution in [0.4, 0.5) is 0 Å². The van der Waals surface area contributed by atoms with E-state index in [2.05, 4.69) is 15.8 Å². The number of aromatic nitrogens is 1. The van der Waals surface area contributed by atoms with E-state index < -0.39 is 10.0 Å². The molecule has 2 fully saturated rings.